The zero-order chi connectivity index (χ0) is 21.6. The first-order valence-electron chi connectivity index (χ1n) is 9.08. The average Bonchev–Trinajstić information content (AvgIpc) is 3.18. The number of aliphatic hydroxyl groups is 1. The van der Waals surface area contributed by atoms with Gasteiger partial charge in [-0.15, -0.1) is 11.3 Å². The summed E-state index contributed by atoms with van der Waals surface area (Å²) in [6, 6.07) is 11.6. The number of nitrogens with zero attached hydrogens (tertiary/aromatic N) is 2. The van der Waals surface area contributed by atoms with E-state index in [0.717, 1.165) is 10.6 Å². The summed E-state index contributed by atoms with van der Waals surface area (Å²) >= 11 is 7.23. The number of aliphatic hydroxyl groups excluding tert-OH is 1. The molecule has 1 saturated heterocycles. The molecule has 8 heteroatoms. The quantitative estimate of drug-likeness (QED) is 0.348. The third-order valence-electron chi connectivity index (χ3n) is 4.99. The lowest BCUT2D eigenvalue weighted by atomic mass is 9.95. The van der Waals surface area contributed by atoms with E-state index in [1.165, 1.54) is 28.4 Å². The number of ketones is 1. The van der Waals surface area contributed by atoms with E-state index in [0.29, 0.717) is 21.3 Å². The van der Waals surface area contributed by atoms with Crippen LogP contribution in [-0.4, -0.2) is 26.9 Å². The summed E-state index contributed by atoms with van der Waals surface area (Å²) in [6.45, 7) is 3.71. The van der Waals surface area contributed by atoms with Gasteiger partial charge >= 0.3 is 5.91 Å². The molecular weight excluding hydrogens is 424 g/mol. The van der Waals surface area contributed by atoms with E-state index >= 15 is 0 Å². The molecule has 3 aromatic rings. The number of amides is 1. The molecule has 0 spiro atoms. The van der Waals surface area contributed by atoms with Gasteiger partial charge in [-0.25, -0.2) is 4.98 Å². The molecule has 6 nitrogen and oxygen atoms in total. The number of rotatable bonds is 3. The number of carbonyl (C=O) groups excluding carboxylic acids is 2. The number of aromatic hydroxyl groups is 1. The van der Waals surface area contributed by atoms with E-state index in [-0.39, 0.29) is 17.1 Å². The molecule has 30 heavy (non-hydrogen) atoms. The molecule has 1 amide bonds. The molecule has 2 aromatic carbocycles. The highest BCUT2D eigenvalue weighted by Crippen LogP contribution is 2.44. The Balaban J connectivity index is 1.94. The average molecular weight is 441 g/mol. The van der Waals surface area contributed by atoms with Gasteiger partial charge in [-0.05, 0) is 55.8 Å². The van der Waals surface area contributed by atoms with Gasteiger partial charge in [0, 0.05) is 15.5 Å². The number of carbonyl (C=O) groups is 2. The molecule has 1 fully saturated rings. The largest absolute Gasteiger partial charge is 0.508 e. The fraction of sp³-hybridized carbons (Fsp3) is 0.136. The van der Waals surface area contributed by atoms with Crippen molar-refractivity contribution in [2.75, 3.05) is 4.90 Å². The highest BCUT2D eigenvalue weighted by atomic mass is 35.5. The van der Waals surface area contributed by atoms with E-state index < -0.39 is 17.7 Å². The number of benzene rings is 2. The maximum Gasteiger partial charge on any atom is 0.301 e. The molecule has 2 heterocycles. The van der Waals surface area contributed by atoms with Crippen molar-refractivity contribution < 1.29 is 19.8 Å². The Morgan fingerprint density at radius 3 is 2.27 bits per heavy atom. The second kappa shape index (κ2) is 7.59. The van der Waals surface area contributed by atoms with Crippen molar-refractivity contribution in [1.82, 2.24) is 4.98 Å². The number of aryl methyl sites for hydroxylation is 2. The van der Waals surface area contributed by atoms with Crippen molar-refractivity contribution in [3.8, 4) is 5.75 Å². The number of Topliss-reactive ketones (excluding diaryl/α,β-unsaturated/α-hetero) is 1. The third-order valence-corrected chi connectivity index (χ3v) is 6.32. The summed E-state index contributed by atoms with van der Waals surface area (Å²) in [5.74, 6) is -1.81. The summed E-state index contributed by atoms with van der Waals surface area (Å²) in [5.41, 5.74) is 1.65. The van der Waals surface area contributed by atoms with Crippen LogP contribution in [0.5, 0.6) is 5.75 Å². The number of halogens is 1. The van der Waals surface area contributed by atoms with Crippen LogP contribution in [0.3, 0.4) is 0 Å². The van der Waals surface area contributed by atoms with Crippen LogP contribution < -0.4 is 4.90 Å². The summed E-state index contributed by atoms with van der Waals surface area (Å²) in [7, 11) is 0. The van der Waals surface area contributed by atoms with Gasteiger partial charge in [0.15, 0.2) is 5.13 Å². The number of phenols is 1. The zero-order valence-corrected chi connectivity index (χ0v) is 17.7. The summed E-state index contributed by atoms with van der Waals surface area (Å²) < 4.78 is 0. The molecule has 1 aliphatic rings. The number of thiazole rings is 1. The fourth-order valence-corrected chi connectivity index (χ4v) is 4.39. The van der Waals surface area contributed by atoms with Crippen LogP contribution in [-0.2, 0) is 9.59 Å². The summed E-state index contributed by atoms with van der Waals surface area (Å²) in [4.78, 5) is 32.7. The lowest BCUT2D eigenvalue weighted by Crippen LogP contribution is -2.29. The van der Waals surface area contributed by atoms with Crippen LogP contribution in [0.15, 0.2) is 54.1 Å². The van der Waals surface area contributed by atoms with Gasteiger partial charge in [-0.3, -0.25) is 14.5 Å². The SMILES string of the molecule is Cc1nc(N2C(=O)C(=O)/C(=C(/O)c3ccc(Cl)cc3)[C@@H]2c2ccc(O)cc2)sc1C. The van der Waals surface area contributed by atoms with Gasteiger partial charge in [0.2, 0.25) is 0 Å². The van der Waals surface area contributed by atoms with Crippen molar-refractivity contribution in [2.45, 2.75) is 19.9 Å². The second-order valence-electron chi connectivity index (χ2n) is 6.91. The number of anilines is 1. The van der Waals surface area contributed by atoms with Gasteiger partial charge in [-0.1, -0.05) is 23.7 Å². The van der Waals surface area contributed by atoms with Gasteiger partial charge in [0.1, 0.15) is 11.5 Å². The van der Waals surface area contributed by atoms with Crippen molar-refractivity contribution >= 4 is 45.5 Å². The molecule has 0 radical (unpaired) electrons. The van der Waals surface area contributed by atoms with Gasteiger partial charge < -0.3 is 10.2 Å². The highest BCUT2D eigenvalue weighted by molar-refractivity contribution is 7.16. The van der Waals surface area contributed by atoms with Crippen LogP contribution in [0.25, 0.3) is 5.76 Å². The molecule has 1 atom stereocenters. The smallest absolute Gasteiger partial charge is 0.301 e. The molecule has 1 aliphatic heterocycles. The Morgan fingerprint density at radius 1 is 1.07 bits per heavy atom. The minimum Gasteiger partial charge on any atom is -0.508 e. The summed E-state index contributed by atoms with van der Waals surface area (Å²) in [5, 5.41) is 21.5. The molecule has 0 saturated carbocycles. The van der Waals surface area contributed by atoms with Crippen molar-refractivity contribution in [3.05, 3.63) is 80.8 Å². The lowest BCUT2D eigenvalue weighted by Gasteiger charge is -2.23. The second-order valence-corrected chi connectivity index (χ2v) is 8.52. The maximum atomic E-state index is 13.0. The molecule has 1 aromatic heterocycles. The molecule has 0 aliphatic carbocycles. The van der Waals surface area contributed by atoms with E-state index in [1.807, 2.05) is 13.8 Å². The molecule has 152 valence electrons. The monoisotopic (exact) mass is 440 g/mol. The Bertz CT molecular complexity index is 1160. The van der Waals surface area contributed by atoms with Gasteiger partial charge in [0.05, 0.1) is 17.3 Å². The van der Waals surface area contributed by atoms with Crippen molar-refractivity contribution in [2.24, 2.45) is 0 Å². The Kier molecular flexibility index (Phi) is 5.09. The third kappa shape index (κ3) is 3.36. The zero-order valence-electron chi connectivity index (χ0n) is 16.1. The van der Waals surface area contributed by atoms with Gasteiger partial charge in [0.25, 0.3) is 5.78 Å². The molecular formula is C22H17ClN2O4S. The number of phenolic OH excluding ortho intramolecular Hbond substituents is 1. The van der Waals surface area contributed by atoms with E-state index in [4.69, 9.17) is 11.6 Å². The topological polar surface area (TPSA) is 90.7 Å². The number of aromatic nitrogens is 1. The Labute approximate surface area is 181 Å². The molecule has 0 bridgehead atoms. The van der Waals surface area contributed by atoms with Crippen LogP contribution in [0.1, 0.15) is 27.7 Å². The molecule has 0 unspecified atom stereocenters. The van der Waals surface area contributed by atoms with E-state index in [9.17, 15) is 19.8 Å². The van der Waals surface area contributed by atoms with Crippen LogP contribution in [0.2, 0.25) is 5.02 Å². The van der Waals surface area contributed by atoms with Crippen LogP contribution in [0, 0.1) is 13.8 Å². The lowest BCUT2D eigenvalue weighted by molar-refractivity contribution is -0.132. The first-order valence-corrected chi connectivity index (χ1v) is 10.3. The minimum absolute atomic E-state index is 0.0430. The predicted octanol–water partition coefficient (Wildman–Crippen LogP) is 4.75. The predicted molar refractivity (Wildman–Crippen MR) is 116 cm³/mol. The summed E-state index contributed by atoms with van der Waals surface area (Å²) in [6.07, 6.45) is 0. The van der Waals surface area contributed by atoms with E-state index in [2.05, 4.69) is 4.98 Å². The number of hydrogen-bond acceptors (Lipinski definition) is 6. The Hall–Kier alpha value is -3.16. The van der Waals surface area contributed by atoms with Crippen molar-refractivity contribution in [1.29, 1.82) is 0 Å². The normalized spacial score (nSPS) is 18.2. The Morgan fingerprint density at radius 2 is 1.70 bits per heavy atom. The standard InChI is InChI=1S/C22H17ClN2O4S/c1-11-12(2)30-22(24-11)25-18(13-5-9-16(26)10-6-13)17(20(28)21(25)29)19(27)14-3-7-15(23)8-4-14/h3-10,18,26-27H,1-2H3/b19-17+/t18-/m0/s1. The molecule has 4 rings (SSSR count). The van der Waals surface area contributed by atoms with Crippen LogP contribution in [0.4, 0.5) is 5.13 Å². The maximum absolute atomic E-state index is 13.0. The van der Waals surface area contributed by atoms with Crippen molar-refractivity contribution in [3.63, 3.8) is 0 Å². The first kappa shape index (κ1) is 20.1. The van der Waals surface area contributed by atoms with Gasteiger partial charge in [-0.2, -0.15) is 0 Å². The fourth-order valence-electron chi connectivity index (χ4n) is 3.32. The van der Waals surface area contributed by atoms with Crippen LogP contribution >= 0.6 is 22.9 Å². The number of hydrogen-bond donors (Lipinski definition) is 2. The first-order chi connectivity index (χ1) is 14.3. The minimum atomic E-state index is -0.883. The van der Waals surface area contributed by atoms with E-state index in [1.54, 1.807) is 36.4 Å². The molecule has 2 N–H and O–H groups in total. The highest BCUT2D eigenvalue weighted by Gasteiger charge is 2.48.